The lowest BCUT2D eigenvalue weighted by atomic mass is 9.92. The molecule has 16 heavy (non-hydrogen) atoms. The van der Waals surface area contributed by atoms with Gasteiger partial charge in [-0.2, -0.15) is 13.2 Å². The molecule has 0 radical (unpaired) electrons. The summed E-state index contributed by atoms with van der Waals surface area (Å²) in [5.74, 6) is -1.08. The summed E-state index contributed by atoms with van der Waals surface area (Å²) < 4.78 is 37.3. The number of carbonyl (C=O) groups is 1. The lowest BCUT2D eigenvalue weighted by molar-refractivity contribution is -0.185. The van der Waals surface area contributed by atoms with Crippen LogP contribution in [0.3, 0.4) is 0 Å². The van der Waals surface area contributed by atoms with Gasteiger partial charge in [0.1, 0.15) is 0 Å². The van der Waals surface area contributed by atoms with E-state index >= 15 is 0 Å². The van der Waals surface area contributed by atoms with Gasteiger partial charge >= 0.3 is 6.18 Å². The van der Waals surface area contributed by atoms with Crippen LogP contribution in [0.5, 0.6) is 0 Å². The number of nitrogens with zero attached hydrogens (tertiary/aromatic N) is 1. The van der Waals surface area contributed by atoms with Crippen LogP contribution in [-0.4, -0.2) is 22.5 Å². The van der Waals surface area contributed by atoms with Crippen molar-refractivity contribution in [1.82, 2.24) is 4.98 Å². The van der Waals surface area contributed by atoms with E-state index in [4.69, 9.17) is 5.73 Å². The van der Waals surface area contributed by atoms with Crippen molar-refractivity contribution in [1.29, 1.82) is 0 Å². The third-order valence-corrected chi connectivity index (χ3v) is 2.26. The summed E-state index contributed by atoms with van der Waals surface area (Å²) in [6.07, 6.45) is -2.31. The van der Waals surface area contributed by atoms with E-state index in [2.05, 4.69) is 4.98 Å². The van der Waals surface area contributed by atoms with Gasteiger partial charge in [-0.1, -0.05) is 6.07 Å². The number of carbonyl (C=O) groups excluding carboxylic acids is 1. The second kappa shape index (κ2) is 4.21. The topological polar surface area (TPSA) is 56.0 Å². The van der Waals surface area contributed by atoms with Gasteiger partial charge in [0.2, 0.25) is 0 Å². The highest BCUT2D eigenvalue weighted by Crippen LogP contribution is 2.29. The van der Waals surface area contributed by atoms with Gasteiger partial charge in [-0.05, 0) is 18.6 Å². The number of alkyl halides is 3. The van der Waals surface area contributed by atoms with Crippen LogP contribution in [0.4, 0.5) is 13.2 Å². The molecule has 1 aromatic rings. The van der Waals surface area contributed by atoms with Gasteiger partial charge in [-0.3, -0.25) is 9.78 Å². The number of rotatable bonds is 3. The van der Waals surface area contributed by atoms with E-state index in [1.165, 1.54) is 18.5 Å². The van der Waals surface area contributed by atoms with Crippen LogP contribution in [0, 0.1) is 0 Å². The van der Waals surface area contributed by atoms with Crippen molar-refractivity contribution in [3.63, 3.8) is 0 Å². The van der Waals surface area contributed by atoms with Crippen LogP contribution in [-0.2, 0) is 11.2 Å². The predicted octanol–water partition coefficient (Wildman–Crippen LogP) is 1.47. The fraction of sp³-hybridized carbons (Fsp3) is 0.400. The molecule has 0 spiro atoms. The van der Waals surface area contributed by atoms with Crippen molar-refractivity contribution in [3.05, 3.63) is 30.1 Å². The van der Waals surface area contributed by atoms with E-state index < -0.39 is 17.5 Å². The Morgan fingerprint density at radius 3 is 2.56 bits per heavy atom. The number of aromatic nitrogens is 1. The Bertz CT molecular complexity index is 373. The van der Waals surface area contributed by atoms with Crippen LogP contribution in [0.15, 0.2) is 24.5 Å². The van der Waals surface area contributed by atoms with Crippen molar-refractivity contribution in [2.75, 3.05) is 0 Å². The van der Waals surface area contributed by atoms with E-state index in [1.54, 1.807) is 6.07 Å². The normalized spacial score (nSPS) is 15.6. The molecule has 0 bridgehead atoms. The quantitative estimate of drug-likeness (QED) is 0.858. The maximum Gasteiger partial charge on any atom is 0.413 e. The minimum Gasteiger partial charge on any atom is -0.312 e. The van der Waals surface area contributed by atoms with E-state index in [0.29, 0.717) is 12.5 Å². The van der Waals surface area contributed by atoms with Crippen molar-refractivity contribution in [3.8, 4) is 0 Å². The van der Waals surface area contributed by atoms with E-state index in [-0.39, 0.29) is 6.42 Å². The Morgan fingerprint density at radius 2 is 2.12 bits per heavy atom. The SMILES string of the molecule is CC(N)(C(=O)Cc1cccnc1)C(F)(F)F. The average molecular weight is 232 g/mol. The number of nitrogens with two attached hydrogens (primary N) is 1. The van der Waals surface area contributed by atoms with E-state index in [1.807, 2.05) is 0 Å². The second-order valence-electron chi connectivity index (χ2n) is 3.66. The maximum absolute atomic E-state index is 12.4. The molecule has 0 aliphatic heterocycles. The third kappa shape index (κ3) is 2.57. The Labute approximate surface area is 90.5 Å². The van der Waals surface area contributed by atoms with Gasteiger partial charge in [0.25, 0.3) is 0 Å². The molecule has 0 aromatic carbocycles. The fourth-order valence-corrected chi connectivity index (χ4v) is 1.03. The molecule has 1 heterocycles. The van der Waals surface area contributed by atoms with Crippen LogP contribution >= 0.6 is 0 Å². The van der Waals surface area contributed by atoms with Crippen LogP contribution in [0.1, 0.15) is 12.5 Å². The van der Waals surface area contributed by atoms with Gasteiger partial charge in [-0.25, -0.2) is 0 Å². The molecule has 0 saturated heterocycles. The number of Topliss-reactive ketones (excluding diaryl/α,β-unsaturated/α-hetero) is 1. The largest absolute Gasteiger partial charge is 0.413 e. The standard InChI is InChI=1S/C10H11F3N2O/c1-9(14,10(11,12)13)8(16)5-7-3-2-4-15-6-7/h2-4,6H,5,14H2,1H3. The minimum atomic E-state index is -4.74. The summed E-state index contributed by atoms with van der Waals surface area (Å²) in [4.78, 5) is 15.1. The molecule has 88 valence electrons. The molecule has 0 saturated carbocycles. The number of ketones is 1. The first-order chi connectivity index (χ1) is 7.25. The van der Waals surface area contributed by atoms with E-state index in [9.17, 15) is 18.0 Å². The number of hydrogen-bond acceptors (Lipinski definition) is 3. The molecule has 1 aromatic heterocycles. The maximum atomic E-state index is 12.4. The zero-order valence-corrected chi connectivity index (χ0v) is 8.58. The summed E-state index contributed by atoms with van der Waals surface area (Å²) in [7, 11) is 0. The monoisotopic (exact) mass is 232 g/mol. The van der Waals surface area contributed by atoms with Gasteiger partial charge in [-0.15, -0.1) is 0 Å². The molecule has 1 unspecified atom stereocenters. The number of hydrogen-bond donors (Lipinski definition) is 1. The summed E-state index contributed by atoms with van der Waals surface area (Å²) in [5, 5.41) is 0. The van der Waals surface area contributed by atoms with Crippen molar-refractivity contribution >= 4 is 5.78 Å². The zero-order chi connectivity index (χ0) is 12.4. The highest BCUT2D eigenvalue weighted by Gasteiger charge is 2.53. The first kappa shape index (κ1) is 12.6. The zero-order valence-electron chi connectivity index (χ0n) is 8.58. The lowest BCUT2D eigenvalue weighted by Gasteiger charge is -2.25. The predicted molar refractivity (Wildman–Crippen MR) is 51.6 cm³/mol. The molecule has 0 fully saturated rings. The second-order valence-corrected chi connectivity index (χ2v) is 3.66. The number of pyridine rings is 1. The Morgan fingerprint density at radius 1 is 1.50 bits per heavy atom. The summed E-state index contributed by atoms with van der Waals surface area (Å²) >= 11 is 0. The summed E-state index contributed by atoms with van der Waals surface area (Å²) in [6.45, 7) is 0.672. The molecule has 6 heteroatoms. The highest BCUT2D eigenvalue weighted by molar-refractivity contribution is 5.90. The van der Waals surface area contributed by atoms with Gasteiger partial charge in [0, 0.05) is 18.8 Å². The van der Waals surface area contributed by atoms with E-state index in [0.717, 1.165) is 0 Å². The molecule has 0 aliphatic rings. The molecule has 0 amide bonds. The van der Waals surface area contributed by atoms with Crippen molar-refractivity contribution in [2.24, 2.45) is 5.73 Å². The van der Waals surface area contributed by atoms with Crippen molar-refractivity contribution in [2.45, 2.75) is 25.1 Å². The smallest absolute Gasteiger partial charge is 0.312 e. The average Bonchev–Trinajstić information content (AvgIpc) is 2.17. The van der Waals surface area contributed by atoms with Crippen LogP contribution < -0.4 is 5.73 Å². The fourth-order valence-electron chi connectivity index (χ4n) is 1.03. The number of halogens is 3. The molecule has 1 rings (SSSR count). The van der Waals surface area contributed by atoms with Gasteiger partial charge in [0.05, 0.1) is 0 Å². The first-order valence-corrected chi connectivity index (χ1v) is 4.53. The molecule has 0 aliphatic carbocycles. The molecule has 1 atom stereocenters. The highest BCUT2D eigenvalue weighted by atomic mass is 19.4. The molecule has 3 nitrogen and oxygen atoms in total. The third-order valence-electron chi connectivity index (χ3n) is 2.26. The Kier molecular flexibility index (Phi) is 3.32. The summed E-state index contributed by atoms with van der Waals surface area (Å²) in [6, 6.07) is 3.07. The Balaban J connectivity index is 2.81. The molecular formula is C10H11F3N2O. The molecule has 2 N–H and O–H groups in total. The lowest BCUT2D eigenvalue weighted by Crippen LogP contribution is -2.57. The van der Waals surface area contributed by atoms with Gasteiger partial charge in [0.15, 0.2) is 11.3 Å². The van der Waals surface area contributed by atoms with Crippen LogP contribution in [0.2, 0.25) is 0 Å². The van der Waals surface area contributed by atoms with Gasteiger partial charge < -0.3 is 5.73 Å². The first-order valence-electron chi connectivity index (χ1n) is 4.53. The Hall–Kier alpha value is -1.43. The van der Waals surface area contributed by atoms with Crippen molar-refractivity contribution < 1.29 is 18.0 Å². The minimum absolute atomic E-state index is 0.375. The summed E-state index contributed by atoms with van der Waals surface area (Å²) in [5.41, 5.74) is 2.58. The van der Waals surface area contributed by atoms with Crippen LogP contribution in [0.25, 0.3) is 0 Å². The molecular weight excluding hydrogens is 221 g/mol.